The van der Waals surface area contributed by atoms with Gasteiger partial charge in [-0.05, 0) is 73.7 Å². The summed E-state index contributed by atoms with van der Waals surface area (Å²) >= 11 is 6.43. The number of carbonyl (C=O) groups is 3. The molecule has 3 rings (SSSR count). The van der Waals surface area contributed by atoms with Gasteiger partial charge in [0.05, 0.1) is 5.37 Å². The number of fused-ring (bicyclic) bond motifs is 1. The van der Waals surface area contributed by atoms with Crippen molar-refractivity contribution < 1.29 is 24.2 Å². The molecule has 0 aliphatic heterocycles. The largest absolute Gasteiger partial charge is 0.473 e. The Morgan fingerprint density at radius 2 is 1.70 bits per heavy atom. The average Bonchev–Trinajstić information content (AvgIpc) is 2.89. The fourth-order valence-corrected chi connectivity index (χ4v) is 4.79. The Balaban J connectivity index is 1.51. The fraction of sp³-hybridized carbons (Fsp3) is 0.357. The molecule has 1 atom stereocenters. The van der Waals surface area contributed by atoms with Crippen molar-refractivity contribution in [2.45, 2.75) is 57.4 Å². The number of hydrogen-bond acceptors (Lipinski definition) is 10. The summed E-state index contributed by atoms with van der Waals surface area (Å²) in [7, 11) is 0. The van der Waals surface area contributed by atoms with Gasteiger partial charge in [0.2, 0.25) is 0 Å². The number of benzene rings is 2. The smallest absolute Gasteiger partial charge is 0.408 e. The van der Waals surface area contributed by atoms with Crippen molar-refractivity contribution in [2.24, 2.45) is 10.7 Å². The van der Waals surface area contributed by atoms with Gasteiger partial charge in [-0.2, -0.15) is 0 Å². The summed E-state index contributed by atoms with van der Waals surface area (Å²) in [6.07, 6.45) is 2.03. The van der Waals surface area contributed by atoms with Crippen LogP contribution < -0.4 is 27.8 Å². The average molecular weight is 631 g/mol. The highest BCUT2D eigenvalue weighted by molar-refractivity contribution is 8.13. The molecule has 0 spiro atoms. The van der Waals surface area contributed by atoms with Gasteiger partial charge >= 0.3 is 11.4 Å². The molecule has 230 valence electrons. The normalized spacial score (nSPS) is 12.5. The number of halogens is 1. The maximum absolute atomic E-state index is 12.3. The number of carbonyl (C=O) groups excluding carboxylic acids is 2. The van der Waals surface area contributed by atoms with Gasteiger partial charge in [-0.3, -0.25) is 15.1 Å². The predicted molar refractivity (Wildman–Crippen MR) is 169 cm³/mol. The van der Waals surface area contributed by atoms with Crippen LogP contribution in [0.25, 0.3) is 10.8 Å². The molecule has 15 heteroatoms. The van der Waals surface area contributed by atoms with E-state index in [1.807, 2.05) is 30.3 Å². The highest BCUT2D eigenvalue weighted by Crippen LogP contribution is 2.23. The molecule has 0 radical (unpaired) electrons. The quantitative estimate of drug-likeness (QED) is 0.0801. The lowest BCUT2D eigenvalue weighted by Gasteiger charge is -2.22. The van der Waals surface area contributed by atoms with Crippen LogP contribution in [0.3, 0.4) is 0 Å². The van der Waals surface area contributed by atoms with Gasteiger partial charge in [-0.15, -0.1) is 0 Å². The summed E-state index contributed by atoms with van der Waals surface area (Å²) < 4.78 is 5.27. The number of ether oxygens (including phenoxy) is 1. The number of aliphatic imine (C=N–C) groups is 1. The van der Waals surface area contributed by atoms with E-state index in [1.165, 1.54) is 0 Å². The number of nitrogens with zero attached hydrogens (tertiary/aromatic N) is 3. The van der Waals surface area contributed by atoms with Crippen molar-refractivity contribution >= 4 is 69.0 Å². The molecule has 1 heterocycles. The molecule has 43 heavy (non-hydrogen) atoms. The summed E-state index contributed by atoms with van der Waals surface area (Å²) in [6.45, 7) is 5.62. The van der Waals surface area contributed by atoms with Crippen LogP contribution in [0.4, 0.5) is 21.2 Å². The zero-order valence-electron chi connectivity index (χ0n) is 24.0. The lowest BCUT2D eigenvalue weighted by atomic mass is 10.0. The van der Waals surface area contributed by atoms with Crippen molar-refractivity contribution in [1.82, 2.24) is 20.6 Å². The summed E-state index contributed by atoms with van der Waals surface area (Å²) in [5.74, 6) is -1.02. The van der Waals surface area contributed by atoms with E-state index in [0.29, 0.717) is 24.7 Å². The van der Waals surface area contributed by atoms with E-state index < -0.39 is 28.3 Å². The van der Waals surface area contributed by atoms with Gasteiger partial charge < -0.3 is 32.4 Å². The number of carboxylic acid groups (broad SMARTS) is 1. The number of thioether (sulfide) groups is 1. The zero-order chi connectivity index (χ0) is 31.7. The second-order valence-electron chi connectivity index (χ2n) is 10.6. The standard InChI is InChI=1S/C28H35ClN8O5S/c1-28(2,3)42-26(39)34-19(43-27(40)41)14-16-8-10-17-12-15(7-9-18(17)13-16)6-4-5-11-33-25(32)37-24(38)20-22(30)36-23(31)21(29)35-20/h7-10,12-13,19H,4-6,11,14H2,1-3H3,(H,34,39)(H,40,41)(H4,30,31,36)(H3,32,33,37,38)/t19-/m1/s1. The third kappa shape index (κ3) is 10.8. The van der Waals surface area contributed by atoms with E-state index >= 15 is 0 Å². The highest BCUT2D eigenvalue weighted by Gasteiger charge is 2.22. The second kappa shape index (κ2) is 14.7. The van der Waals surface area contributed by atoms with Crippen LogP contribution in [-0.2, 0) is 17.6 Å². The van der Waals surface area contributed by atoms with E-state index in [1.54, 1.807) is 20.8 Å². The lowest BCUT2D eigenvalue weighted by Crippen LogP contribution is -2.39. The van der Waals surface area contributed by atoms with Gasteiger partial charge in [0.25, 0.3) is 5.91 Å². The van der Waals surface area contributed by atoms with Crippen LogP contribution >= 0.6 is 23.4 Å². The van der Waals surface area contributed by atoms with Crippen LogP contribution in [0.15, 0.2) is 41.4 Å². The number of hydrogen-bond donors (Lipinski definition) is 6. The number of unbranched alkanes of at least 4 members (excludes halogenated alkanes) is 1. The molecule has 0 bridgehead atoms. The van der Waals surface area contributed by atoms with Crippen LogP contribution in [0.5, 0.6) is 0 Å². The van der Waals surface area contributed by atoms with E-state index in [0.717, 1.165) is 41.2 Å². The first-order valence-electron chi connectivity index (χ1n) is 13.3. The molecule has 3 aromatic rings. The number of aryl methyl sites for hydroxylation is 1. The van der Waals surface area contributed by atoms with Gasteiger partial charge in [0.1, 0.15) is 5.60 Å². The number of alkyl carbamates (subject to hydrolysis) is 1. The van der Waals surface area contributed by atoms with Crippen LogP contribution in [0, 0.1) is 0 Å². The number of nitrogen functional groups attached to an aromatic ring is 2. The predicted octanol–water partition coefficient (Wildman–Crippen LogP) is 4.32. The minimum absolute atomic E-state index is 0.0778. The molecule has 2 aromatic carbocycles. The van der Waals surface area contributed by atoms with Crippen LogP contribution in [0.2, 0.25) is 5.15 Å². The minimum atomic E-state index is -1.09. The molecule has 2 amide bonds. The Labute approximate surface area is 258 Å². The lowest BCUT2D eigenvalue weighted by molar-refractivity contribution is 0.0522. The SMILES string of the molecule is CC(C)(C)OC(=O)N[C@@H](Cc1ccc2cc(CCCCN=C(N)NC(=O)c3nc(Cl)c(N)nc3N)ccc2c1)SC(=O)O. The number of rotatable bonds is 10. The van der Waals surface area contributed by atoms with E-state index in [9.17, 15) is 19.5 Å². The van der Waals surface area contributed by atoms with Gasteiger partial charge in [0, 0.05) is 13.0 Å². The van der Waals surface area contributed by atoms with E-state index in [-0.39, 0.29) is 28.4 Å². The molecule has 0 aliphatic carbocycles. The molecule has 0 saturated heterocycles. The van der Waals surface area contributed by atoms with Gasteiger partial charge in [-0.25, -0.2) is 19.6 Å². The Bertz CT molecular complexity index is 1530. The second-order valence-corrected chi connectivity index (χ2v) is 12.1. The third-order valence-corrected chi connectivity index (χ3v) is 6.88. The molecule has 0 aliphatic rings. The first-order chi connectivity index (χ1) is 20.2. The van der Waals surface area contributed by atoms with Crippen molar-refractivity contribution in [2.75, 3.05) is 18.0 Å². The Kier molecular flexibility index (Phi) is 11.4. The van der Waals surface area contributed by atoms with Crippen molar-refractivity contribution in [1.29, 1.82) is 0 Å². The number of aromatic nitrogens is 2. The summed E-state index contributed by atoms with van der Waals surface area (Å²) in [4.78, 5) is 47.6. The molecule has 0 fully saturated rings. The summed E-state index contributed by atoms with van der Waals surface area (Å²) in [6, 6.07) is 12.0. The number of anilines is 2. The first-order valence-corrected chi connectivity index (χ1v) is 14.6. The molecule has 0 unspecified atom stereocenters. The highest BCUT2D eigenvalue weighted by atomic mass is 35.5. The van der Waals surface area contributed by atoms with E-state index in [4.69, 9.17) is 33.5 Å². The van der Waals surface area contributed by atoms with E-state index in [2.05, 4.69) is 31.7 Å². The number of nitrogens with two attached hydrogens (primary N) is 3. The Morgan fingerprint density at radius 3 is 2.35 bits per heavy atom. The van der Waals surface area contributed by atoms with Crippen molar-refractivity contribution in [3.8, 4) is 0 Å². The molecule has 1 aromatic heterocycles. The minimum Gasteiger partial charge on any atom is -0.473 e. The third-order valence-electron chi connectivity index (χ3n) is 5.83. The van der Waals surface area contributed by atoms with Crippen molar-refractivity contribution in [3.63, 3.8) is 0 Å². The fourth-order valence-electron chi connectivity index (χ4n) is 3.99. The molecule has 13 nitrogen and oxygen atoms in total. The van der Waals surface area contributed by atoms with Crippen LogP contribution in [-0.4, -0.2) is 55.9 Å². The maximum Gasteiger partial charge on any atom is 0.408 e. The first kappa shape index (κ1) is 33.2. The molecular formula is C28H35ClN8O5S. The van der Waals surface area contributed by atoms with Crippen molar-refractivity contribution in [3.05, 3.63) is 58.4 Å². The number of nitrogens with one attached hydrogen (secondary N) is 2. The van der Waals surface area contributed by atoms with Crippen LogP contribution in [0.1, 0.15) is 55.2 Å². The Hall–Kier alpha value is -4.30. The van der Waals surface area contributed by atoms with Gasteiger partial charge in [0.15, 0.2) is 28.4 Å². The Morgan fingerprint density at radius 1 is 1.05 bits per heavy atom. The molecule has 9 N–H and O–H groups in total. The number of amides is 2. The molecular weight excluding hydrogens is 596 g/mol. The monoisotopic (exact) mass is 630 g/mol. The number of guanidine groups is 1. The summed E-state index contributed by atoms with van der Waals surface area (Å²) in [5, 5.41) is 14.4. The topological polar surface area (TPSA) is 221 Å². The summed E-state index contributed by atoms with van der Waals surface area (Å²) in [5.41, 5.74) is 18.1. The molecule has 0 saturated carbocycles. The maximum atomic E-state index is 12.3. The zero-order valence-corrected chi connectivity index (χ0v) is 25.6. The van der Waals surface area contributed by atoms with Gasteiger partial charge in [-0.1, -0.05) is 48.0 Å².